The summed E-state index contributed by atoms with van der Waals surface area (Å²) in [4.78, 5) is 30.5. The van der Waals surface area contributed by atoms with Crippen LogP contribution < -0.4 is 10.9 Å². The number of aliphatic hydroxyl groups is 1. The molecule has 1 amide bonds. The number of carbonyl (C=O) groups excluding carboxylic acids is 1. The smallest absolute Gasteiger partial charge is 0.257 e. The average Bonchev–Trinajstić information content (AvgIpc) is 2.73. The molecule has 0 atom stereocenters. The van der Waals surface area contributed by atoms with Gasteiger partial charge in [-0.15, -0.1) is 0 Å². The predicted octanol–water partition coefficient (Wildman–Crippen LogP) is 3.52. The lowest BCUT2D eigenvalue weighted by molar-refractivity contribution is -0.116. The fraction of sp³-hybridized carbons (Fsp3) is 0.292. The van der Waals surface area contributed by atoms with Crippen LogP contribution in [0.25, 0.3) is 11.4 Å². The topological polar surface area (TPSA) is 84.2 Å². The van der Waals surface area contributed by atoms with Crippen LogP contribution in [0.5, 0.6) is 0 Å². The van der Waals surface area contributed by atoms with E-state index in [1.807, 2.05) is 54.6 Å². The van der Waals surface area contributed by atoms with E-state index < -0.39 is 0 Å². The van der Waals surface area contributed by atoms with Gasteiger partial charge in [-0.2, -0.15) is 0 Å². The fourth-order valence-corrected chi connectivity index (χ4v) is 3.37. The normalized spacial score (nSPS) is 11.0. The van der Waals surface area contributed by atoms with Crippen LogP contribution in [0.4, 0.5) is 5.69 Å². The minimum atomic E-state index is -0.309. The van der Waals surface area contributed by atoms with Gasteiger partial charge in [-0.05, 0) is 30.5 Å². The molecule has 0 saturated heterocycles. The van der Waals surface area contributed by atoms with Crippen molar-refractivity contribution >= 4 is 11.6 Å². The zero-order chi connectivity index (χ0) is 21.7. The summed E-state index contributed by atoms with van der Waals surface area (Å²) in [6.07, 6.45) is 0.199. The molecule has 0 saturated carbocycles. The molecule has 6 heteroatoms. The van der Waals surface area contributed by atoms with Crippen LogP contribution in [-0.4, -0.2) is 27.2 Å². The number of rotatable bonds is 7. The highest BCUT2D eigenvalue weighted by atomic mass is 16.3. The first-order valence-electron chi connectivity index (χ1n) is 10.1. The molecule has 1 aromatic heterocycles. The van der Waals surface area contributed by atoms with E-state index in [0.717, 1.165) is 11.1 Å². The third kappa shape index (κ3) is 4.83. The van der Waals surface area contributed by atoms with Gasteiger partial charge in [-0.25, -0.2) is 4.98 Å². The van der Waals surface area contributed by atoms with Crippen molar-refractivity contribution in [2.24, 2.45) is 0 Å². The summed E-state index contributed by atoms with van der Waals surface area (Å²) < 4.78 is 1.38. The molecule has 0 fully saturated rings. The molecule has 156 valence electrons. The third-order valence-electron chi connectivity index (χ3n) is 5.00. The highest BCUT2D eigenvalue weighted by Gasteiger charge is 2.17. The van der Waals surface area contributed by atoms with Gasteiger partial charge in [0.1, 0.15) is 12.4 Å². The molecular formula is C24H27N3O3. The number of aliphatic hydroxyl groups excluding tert-OH is 1. The Morgan fingerprint density at radius 3 is 2.53 bits per heavy atom. The number of nitrogens with one attached hydrogen (secondary N) is 1. The lowest BCUT2D eigenvalue weighted by atomic mass is 10.0. The van der Waals surface area contributed by atoms with Crippen LogP contribution in [-0.2, 0) is 17.8 Å². The van der Waals surface area contributed by atoms with Crippen LogP contribution in [0, 0.1) is 6.92 Å². The van der Waals surface area contributed by atoms with E-state index in [4.69, 9.17) is 0 Å². The molecule has 3 rings (SSSR count). The summed E-state index contributed by atoms with van der Waals surface area (Å²) >= 11 is 0. The summed E-state index contributed by atoms with van der Waals surface area (Å²) in [6.45, 7) is 5.61. The molecule has 0 aliphatic heterocycles. The maximum Gasteiger partial charge on any atom is 0.257 e. The van der Waals surface area contributed by atoms with Crippen LogP contribution >= 0.6 is 0 Å². The molecule has 1 heterocycles. The third-order valence-corrected chi connectivity index (χ3v) is 5.00. The molecule has 2 N–H and O–H groups in total. The first-order valence-corrected chi connectivity index (χ1v) is 10.1. The number of nitrogens with zero attached hydrogens (tertiary/aromatic N) is 2. The van der Waals surface area contributed by atoms with Gasteiger partial charge < -0.3 is 10.4 Å². The van der Waals surface area contributed by atoms with Gasteiger partial charge in [0.25, 0.3) is 5.56 Å². The number of aryl methyl sites for hydroxylation is 1. The average molecular weight is 405 g/mol. The lowest BCUT2D eigenvalue weighted by Crippen LogP contribution is -2.33. The Morgan fingerprint density at radius 1 is 1.13 bits per heavy atom. The van der Waals surface area contributed by atoms with E-state index in [9.17, 15) is 14.7 Å². The van der Waals surface area contributed by atoms with Gasteiger partial charge in [0.2, 0.25) is 5.91 Å². The van der Waals surface area contributed by atoms with Gasteiger partial charge in [0, 0.05) is 35.5 Å². The van der Waals surface area contributed by atoms with E-state index in [0.29, 0.717) is 28.7 Å². The Morgan fingerprint density at radius 2 is 1.87 bits per heavy atom. The monoisotopic (exact) mass is 405 g/mol. The van der Waals surface area contributed by atoms with Gasteiger partial charge >= 0.3 is 0 Å². The molecule has 3 aromatic rings. The fourth-order valence-electron chi connectivity index (χ4n) is 3.37. The van der Waals surface area contributed by atoms with Crippen molar-refractivity contribution in [1.29, 1.82) is 0 Å². The number of benzene rings is 2. The maximum atomic E-state index is 13.1. The van der Waals surface area contributed by atoms with Crippen molar-refractivity contribution in [3.05, 3.63) is 81.8 Å². The minimum absolute atomic E-state index is 0.156. The molecule has 0 unspecified atom stereocenters. The van der Waals surface area contributed by atoms with E-state index in [2.05, 4.69) is 24.1 Å². The van der Waals surface area contributed by atoms with Crippen molar-refractivity contribution in [1.82, 2.24) is 9.55 Å². The molecule has 0 aliphatic rings. The van der Waals surface area contributed by atoms with E-state index in [1.165, 1.54) is 4.57 Å². The first kappa shape index (κ1) is 21.5. The van der Waals surface area contributed by atoms with Crippen LogP contribution in [0.2, 0.25) is 0 Å². The summed E-state index contributed by atoms with van der Waals surface area (Å²) in [5.41, 5.74) is 3.25. The van der Waals surface area contributed by atoms with Gasteiger partial charge in [0.05, 0.1) is 0 Å². The minimum Gasteiger partial charge on any atom is -0.396 e. The quantitative estimate of drug-likeness (QED) is 0.630. The molecule has 30 heavy (non-hydrogen) atoms. The Labute approximate surface area is 176 Å². The first-order chi connectivity index (χ1) is 14.4. The Kier molecular flexibility index (Phi) is 6.79. The molecule has 0 bridgehead atoms. The summed E-state index contributed by atoms with van der Waals surface area (Å²) in [5.74, 6) is 0.471. The lowest BCUT2D eigenvalue weighted by Gasteiger charge is -2.16. The van der Waals surface area contributed by atoms with Crippen molar-refractivity contribution in [2.45, 2.75) is 39.7 Å². The second-order valence-corrected chi connectivity index (χ2v) is 7.56. The van der Waals surface area contributed by atoms with Gasteiger partial charge in [0.15, 0.2) is 0 Å². The predicted molar refractivity (Wildman–Crippen MR) is 119 cm³/mol. The van der Waals surface area contributed by atoms with Crippen LogP contribution in [0.15, 0.2) is 59.4 Å². The highest BCUT2D eigenvalue weighted by molar-refractivity contribution is 5.91. The van der Waals surface area contributed by atoms with E-state index in [-0.39, 0.29) is 31.0 Å². The zero-order valence-corrected chi connectivity index (χ0v) is 17.6. The Hall–Kier alpha value is -3.25. The zero-order valence-electron chi connectivity index (χ0n) is 17.6. The summed E-state index contributed by atoms with van der Waals surface area (Å²) in [7, 11) is 0. The van der Waals surface area contributed by atoms with Gasteiger partial charge in [-0.3, -0.25) is 14.2 Å². The summed E-state index contributed by atoms with van der Waals surface area (Å²) in [6, 6.07) is 17.0. The molecule has 0 radical (unpaired) electrons. The van der Waals surface area contributed by atoms with Gasteiger partial charge in [-0.1, -0.05) is 56.3 Å². The van der Waals surface area contributed by atoms with Crippen LogP contribution in [0.3, 0.4) is 0 Å². The second-order valence-electron chi connectivity index (χ2n) is 7.56. The highest BCUT2D eigenvalue weighted by Crippen LogP contribution is 2.20. The molecule has 0 spiro atoms. The number of carbonyl (C=O) groups is 1. The van der Waals surface area contributed by atoms with Crippen molar-refractivity contribution < 1.29 is 9.90 Å². The second kappa shape index (κ2) is 9.50. The van der Waals surface area contributed by atoms with Crippen LogP contribution in [0.1, 0.15) is 36.6 Å². The number of aromatic nitrogens is 2. The van der Waals surface area contributed by atoms with Crippen molar-refractivity contribution in [3.8, 4) is 11.4 Å². The Balaban J connectivity index is 1.97. The standard InChI is InChI=1S/C24H27N3O3/c1-16(2)19-10-7-11-20(14-19)26-22(29)15-27-23(18-8-5-4-6-9-18)25-17(3)21(12-13-28)24(27)30/h4-11,14,16,28H,12-13,15H2,1-3H3,(H,26,29). The number of amides is 1. The largest absolute Gasteiger partial charge is 0.396 e. The number of hydrogen-bond donors (Lipinski definition) is 2. The maximum absolute atomic E-state index is 13.1. The van der Waals surface area contributed by atoms with E-state index in [1.54, 1.807) is 6.92 Å². The molecule has 0 aliphatic carbocycles. The molecule has 6 nitrogen and oxygen atoms in total. The molecular weight excluding hydrogens is 378 g/mol. The SMILES string of the molecule is Cc1nc(-c2ccccc2)n(CC(=O)Nc2cccc(C(C)C)c2)c(=O)c1CCO. The van der Waals surface area contributed by atoms with Crippen molar-refractivity contribution in [2.75, 3.05) is 11.9 Å². The van der Waals surface area contributed by atoms with E-state index >= 15 is 0 Å². The molecule has 2 aromatic carbocycles. The van der Waals surface area contributed by atoms with Crippen molar-refractivity contribution in [3.63, 3.8) is 0 Å². The number of hydrogen-bond acceptors (Lipinski definition) is 4. The number of anilines is 1. The summed E-state index contributed by atoms with van der Waals surface area (Å²) in [5, 5.41) is 12.2. The Bertz CT molecular complexity index is 1090.